The fraction of sp³-hybridized carbons (Fsp3) is 1.00. The van der Waals surface area contributed by atoms with Crippen molar-refractivity contribution in [3.8, 4) is 0 Å². The number of piperidine rings is 2. The van der Waals surface area contributed by atoms with Crippen LogP contribution in [-0.4, -0.2) is 46.5 Å². The lowest BCUT2D eigenvalue weighted by Crippen LogP contribution is -2.58. The van der Waals surface area contributed by atoms with Crippen molar-refractivity contribution in [2.45, 2.75) is 96.8 Å². The Labute approximate surface area is 184 Å². The van der Waals surface area contributed by atoms with Gasteiger partial charge in [-0.2, -0.15) is 0 Å². The summed E-state index contributed by atoms with van der Waals surface area (Å²) in [7, 11) is 0. The molecule has 2 saturated heterocycles. The van der Waals surface area contributed by atoms with Gasteiger partial charge in [-0.25, -0.2) is 0 Å². The number of nitrogens with zero attached hydrogens (tertiary/aromatic N) is 1. The second kappa shape index (κ2) is 7.19. The lowest BCUT2D eigenvalue weighted by molar-refractivity contribution is -0.130. The Bertz CT molecular complexity index is 665. The molecule has 0 aromatic rings. The van der Waals surface area contributed by atoms with Crippen LogP contribution in [0.1, 0.15) is 78.6 Å². The molecule has 170 valence electrons. The molecule has 13 atom stereocenters. The lowest BCUT2D eigenvalue weighted by Gasteiger charge is -2.56. The van der Waals surface area contributed by atoms with Crippen LogP contribution in [0.3, 0.4) is 0 Å². The van der Waals surface area contributed by atoms with Crippen LogP contribution in [0.2, 0.25) is 0 Å². The Hall–Kier alpha value is -0.120. The summed E-state index contributed by atoms with van der Waals surface area (Å²) in [6.45, 7) is 10.3. The molecule has 0 bridgehead atoms. The van der Waals surface area contributed by atoms with Gasteiger partial charge in [0.1, 0.15) is 0 Å². The average Bonchev–Trinajstić information content (AvgIpc) is 3.09. The quantitative estimate of drug-likeness (QED) is 0.609. The Kier molecular flexibility index (Phi) is 4.91. The number of hydrogen-bond acceptors (Lipinski definition) is 3. The van der Waals surface area contributed by atoms with Crippen molar-refractivity contribution in [2.24, 2.45) is 58.7 Å². The summed E-state index contributed by atoms with van der Waals surface area (Å²) in [5.74, 6) is 7.22. The van der Waals surface area contributed by atoms with E-state index in [-0.39, 0.29) is 17.6 Å². The maximum absolute atomic E-state index is 11.2. The third-order valence-corrected chi connectivity index (χ3v) is 12.0. The summed E-state index contributed by atoms with van der Waals surface area (Å²) in [4.78, 5) is 2.92. The van der Waals surface area contributed by atoms with E-state index < -0.39 is 0 Å². The van der Waals surface area contributed by atoms with E-state index in [4.69, 9.17) is 0 Å². The van der Waals surface area contributed by atoms with E-state index in [2.05, 4.69) is 25.7 Å². The van der Waals surface area contributed by atoms with Gasteiger partial charge in [-0.3, -0.25) is 4.90 Å². The van der Waals surface area contributed by atoms with Crippen LogP contribution in [0.5, 0.6) is 0 Å². The predicted octanol–water partition coefficient (Wildman–Crippen LogP) is 4.56. The SMILES string of the molecule is C[C@H]1CC[C@H]2[C@H](C)[C@@H]3CC[C@H]4[C@@H](C[C@H]5[C@H]4C[C@@H](O)[C@H]4C[C@@H](O)CC[C@@]45C)[C@@H]3CN2C1. The minimum absolute atomic E-state index is 0.180. The second-order valence-electron chi connectivity index (χ2n) is 13.1. The van der Waals surface area contributed by atoms with Crippen LogP contribution >= 0.6 is 0 Å². The first kappa shape index (κ1) is 20.5. The van der Waals surface area contributed by atoms with Gasteiger partial charge in [0, 0.05) is 19.1 Å². The molecule has 0 spiro atoms. The zero-order chi connectivity index (χ0) is 20.8. The third kappa shape index (κ3) is 2.86. The lowest BCUT2D eigenvalue weighted by atomic mass is 9.51. The van der Waals surface area contributed by atoms with E-state index in [0.717, 1.165) is 79.1 Å². The Morgan fingerprint density at radius 3 is 2.37 bits per heavy atom. The van der Waals surface area contributed by atoms with Crippen molar-refractivity contribution in [1.82, 2.24) is 4.90 Å². The van der Waals surface area contributed by atoms with Crippen molar-refractivity contribution in [2.75, 3.05) is 13.1 Å². The molecule has 4 aliphatic carbocycles. The highest BCUT2D eigenvalue weighted by molar-refractivity contribution is 5.12. The van der Waals surface area contributed by atoms with Crippen LogP contribution in [0.15, 0.2) is 0 Å². The van der Waals surface area contributed by atoms with Crippen molar-refractivity contribution >= 4 is 0 Å². The zero-order valence-electron chi connectivity index (χ0n) is 19.5. The minimum atomic E-state index is -0.181. The summed E-state index contributed by atoms with van der Waals surface area (Å²) in [5, 5.41) is 21.5. The minimum Gasteiger partial charge on any atom is -0.393 e. The molecule has 2 N–H and O–H groups in total. The molecule has 4 saturated carbocycles. The number of aliphatic hydroxyl groups is 2. The van der Waals surface area contributed by atoms with Gasteiger partial charge in [0.2, 0.25) is 0 Å². The summed E-state index contributed by atoms with van der Waals surface area (Å²) in [5.41, 5.74) is 0.261. The fourth-order valence-corrected chi connectivity index (χ4v) is 10.6. The molecule has 0 amide bonds. The highest BCUT2D eigenvalue weighted by Crippen LogP contribution is 2.67. The molecular formula is C27H45NO2. The molecule has 0 radical (unpaired) electrons. The molecule has 3 nitrogen and oxygen atoms in total. The highest BCUT2D eigenvalue weighted by Gasteiger charge is 2.62. The molecule has 6 fully saturated rings. The molecule has 2 aliphatic heterocycles. The van der Waals surface area contributed by atoms with Crippen molar-refractivity contribution in [1.29, 1.82) is 0 Å². The zero-order valence-corrected chi connectivity index (χ0v) is 19.5. The maximum atomic E-state index is 11.2. The standard InChI is InChI=1S/C27H45NO2/c1-15-4-7-25-16(2)18-5-6-19-20(22(18)14-28(25)13-15)11-23-21(19)12-26(30)24-10-17(29)8-9-27(23,24)3/h15-26,29-30H,4-14H2,1-3H3/t15-,16+,17-,18-,19-,20+,21-,22+,23-,24+,25-,26+,27+/m0/s1. The van der Waals surface area contributed by atoms with Crippen molar-refractivity contribution in [3.63, 3.8) is 0 Å². The van der Waals surface area contributed by atoms with E-state index >= 15 is 0 Å². The molecule has 0 aromatic heterocycles. The van der Waals surface area contributed by atoms with Gasteiger partial charge in [-0.05, 0) is 116 Å². The number of hydrogen-bond donors (Lipinski definition) is 2. The van der Waals surface area contributed by atoms with Gasteiger partial charge in [-0.1, -0.05) is 20.8 Å². The summed E-state index contributed by atoms with van der Waals surface area (Å²) >= 11 is 0. The van der Waals surface area contributed by atoms with E-state index in [9.17, 15) is 10.2 Å². The fourth-order valence-electron chi connectivity index (χ4n) is 10.6. The topological polar surface area (TPSA) is 43.7 Å². The Morgan fingerprint density at radius 1 is 0.733 bits per heavy atom. The second-order valence-corrected chi connectivity index (χ2v) is 13.1. The number of aliphatic hydroxyl groups excluding tert-OH is 2. The van der Waals surface area contributed by atoms with Crippen LogP contribution in [0, 0.1) is 58.7 Å². The van der Waals surface area contributed by atoms with Crippen LogP contribution < -0.4 is 0 Å². The van der Waals surface area contributed by atoms with E-state index in [1.165, 1.54) is 45.2 Å². The van der Waals surface area contributed by atoms with Gasteiger partial charge in [-0.15, -0.1) is 0 Å². The van der Waals surface area contributed by atoms with Crippen molar-refractivity contribution in [3.05, 3.63) is 0 Å². The van der Waals surface area contributed by atoms with Crippen LogP contribution in [0.25, 0.3) is 0 Å². The highest BCUT2D eigenvalue weighted by atomic mass is 16.3. The number of rotatable bonds is 0. The molecule has 2 heterocycles. The largest absolute Gasteiger partial charge is 0.393 e. The molecular weight excluding hydrogens is 370 g/mol. The smallest absolute Gasteiger partial charge is 0.0577 e. The van der Waals surface area contributed by atoms with Gasteiger partial charge in [0.15, 0.2) is 0 Å². The Balaban J connectivity index is 1.28. The van der Waals surface area contributed by atoms with Gasteiger partial charge < -0.3 is 10.2 Å². The van der Waals surface area contributed by atoms with Crippen LogP contribution in [-0.2, 0) is 0 Å². The molecule has 6 rings (SSSR count). The van der Waals surface area contributed by atoms with Gasteiger partial charge in [0.05, 0.1) is 12.2 Å². The first-order chi connectivity index (χ1) is 14.4. The average molecular weight is 416 g/mol. The molecule has 0 unspecified atom stereocenters. The molecule has 30 heavy (non-hydrogen) atoms. The summed E-state index contributed by atoms with van der Waals surface area (Å²) in [6.07, 6.45) is 10.7. The van der Waals surface area contributed by atoms with Crippen molar-refractivity contribution < 1.29 is 10.2 Å². The first-order valence-electron chi connectivity index (χ1n) is 13.5. The molecule has 0 aromatic carbocycles. The van der Waals surface area contributed by atoms with E-state index in [0.29, 0.717) is 5.92 Å². The normalized spacial score (nSPS) is 60.7. The maximum Gasteiger partial charge on any atom is 0.0577 e. The predicted molar refractivity (Wildman–Crippen MR) is 120 cm³/mol. The monoisotopic (exact) mass is 415 g/mol. The summed E-state index contributed by atoms with van der Waals surface area (Å²) < 4.78 is 0. The molecule has 3 heteroatoms. The summed E-state index contributed by atoms with van der Waals surface area (Å²) in [6, 6.07) is 0.853. The van der Waals surface area contributed by atoms with Crippen LogP contribution in [0.4, 0.5) is 0 Å². The van der Waals surface area contributed by atoms with E-state index in [1.807, 2.05) is 0 Å². The van der Waals surface area contributed by atoms with Gasteiger partial charge >= 0.3 is 0 Å². The number of fused-ring (bicyclic) bond motifs is 8. The van der Waals surface area contributed by atoms with Gasteiger partial charge in [0.25, 0.3) is 0 Å². The Morgan fingerprint density at radius 2 is 1.53 bits per heavy atom. The third-order valence-electron chi connectivity index (χ3n) is 12.0. The first-order valence-corrected chi connectivity index (χ1v) is 13.5. The molecule has 6 aliphatic rings. The van der Waals surface area contributed by atoms with E-state index in [1.54, 1.807) is 0 Å².